The average Bonchev–Trinajstić information content (AvgIpc) is 2.65. The summed E-state index contributed by atoms with van der Waals surface area (Å²) in [5.41, 5.74) is 0.938. The number of nitrogens with one attached hydrogen (secondary N) is 1. The summed E-state index contributed by atoms with van der Waals surface area (Å²) in [6.07, 6.45) is 4.49. The van der Waals surface area contributed by atoms with Crippen LogP contribution >= 0.6 is 12.6 Å². The molecule has 0 radical (unpaired) electrons. The molecule has 1 heterocycles. The number of aliphatic imine (C=N–C) groups is 1. The molecule has 0 aliphatic carbocycles. The fourth-order valence-corrected chi connectivity index (χ4v) is 1.39. The first kappa shape index (κ1) is 24.8. The van der Waals surface area contributed by atoms with E-state index < -0.39 is 5.09 Å². The van der Waals surface area contributed by atoms with Crippen molar-refractivity contribution >= 4 is 24.9 Å². The summed E-state index contributed by atoms with van der Waals surface area (Å²) in [5.74, 6) is -0.336. The van der Waals surface area contributed by atoms with Gasteiger partial charge in [0.1, 0.15) is 6.61 Å². The second kappa shape index (κ2) is 16.4. The van der Waals surface area contributed by atoms with Crippen LogP contribution in [-0.4, -0.2) is 28.9 Å². The summed E-state index contributed by atoms with van der Waals surface area (Å²) >= 11 is 4.16. The van der Waals surface area contributed by atoms with Crippen LogP contribution in [0.3, 0.4) is 0 Å². The molecule has 1 amide bonds. The van der Waals surface area contributed by atoms with Gasteiger partial charge in [-0.3, -0.25) is 9.78 Å². The Labute approximate surface area is 153 Å². The van der Waals surface area contributed by atoms with Crippen molar-refractivity contribution < 1.29 is 14.7 Å². The van der Waals surface area contributed by atoms with Crippen molar-refractivity contribution in [3.05, 3.63) is 50.8 Å². The Morgan fingerprint density at radius 1 is 1.44 bits per heavy atom. The molecule has 25 heavy (non-hydrogen) atoms. The number of amides is 1. The molecule has 8 nitrogen and oxygen atoms in total. The van der Waals surface area contributed by atoms with Crippen LogP contribution in [0.1, 0.15) is 51.4 Å². The first-order valence-electron chi connectivity index (χ1n) is 7.90. The van der Waals surface area contributed by atoms with Crippen molar-refractivity contribution in [1.82, 2.24) is 10.3 Å². The number of aromatic nitrogens is 1. The molecule has 0 saturated carbocycles. The third-order valence-electron chi connectivity index (χ3n) is 2.33. The molecular formula is C16H26N4O4S. The van der Waals surface area contributed by atoms with Crippen molar-refractivity contribution in [3.63, 3.8) is 0 Å². The number of pyridine rings is 1. The first-order chi connectivity index (χ1) is 12.0. The van der Waals surface area contributed by atoms with Gasteiger partial charge in [-0.2, -0.15) is 0 Å². The van der Waals surface area contributed by atoms with Gasteiger partial charge in [-0.25, -0.2) is 4.99 Å². The molecule has 1 aromatic heterocycles. The van der Waals surface area contributed by atoms with E-state index in [0.717, 1.165) is 0 Å². The molecule has 1 aromatic rings. The monoisotopic (exact) mass is 370 g/mol. The van der Waals surface area contributed by atoms with Crippen LogP contribution in [0.4, 0.5) is 0 Å². The summed E-state index contributed by atoms with van der Waals surface area (Å²) in [6.45, 7) is 9.57. The lowest BCUT2D eigenvalue weighted by Crippen LogP contribution is -2.21. The highest BCUT2D eigenvalue weighted by atomic mass is 32.1. The van der Waals surface area contributed by atoms with Gasteiger partial charge in [0.15, 0.2) is 0 Å². The Morgan fingerprint density at radius 3 is 2.60 bits per heavy atom. The lowest BCUT2D eigenvalue weighted by molar-refractivity contribution is -0.757. The SMILES string of the molecule is C/C(N=CNC(=O)c1cccnc1)=C(/S)CCO[N+](=O)[O-].CC.CC. The summed E-state index contributed by atoms with van der Waals surface area (Å²) in [6, 6.07) is 3.27. The zero-order valence-electron chi connectivity index (χ0n) is 15.2. The number of carbonyl (C=O) groups is 1. The van der Waals surface area contributed by atoms with Gasteiger partial charge in [0.05, 0.1) is 11.9 Å². The van der Waals surface area contributed by atoms with E-state index >= 15 is 0 Å². The molecule has 0 aliphatic heterocycles. The zero-order valence-corrected chi connectivity index (χ0v) is 16.1. The highest BCUT2D eigenvalue weighted by Crippen LogP contribution is 2.13. The molecule has 0 aromatic carbocycles. The van der Waals surface area contributed by atoms with Crippen LogP contribution in [0.2, 0.25) is 0 Å². The smallest absolute Gasteiger partial charge is 0.294 e. The molecule has 140 valence electrons. The minimum atomic E-state index is -0.867. The van der Waals surface area contributed by atoms with E-state index in [4.69, 9.17) is 0 Å². The Morgan fingerprint density at radius 2 is 2.08 bits per heavy atom. The van der Waals surface area contributed by atoms with E-state index in [2.05, 4.69) is 32.8 Å². The standard InChI is InChI=1S/C12H14N4O4S.2C2H6/c1-9(11(21)4-6-20-16(18)19)14-8-15-12(17)10-3-2-5-13-7-10;2*1-2/h2-3,5,7-8,21H,4,6H2,1H3,(H,14,15,17);2*1-2H3/b11-9-;;. The predicted molar refractivity (Wildman–Crippen MR) is 102 cm³/mol. The van der Waals surface area contributed by atoms with Gasteiger partial charge in [0.25, 0.3) is 11.0 Å². The molecule has 0 aliphatic rings. The van der Waals surface area contributed by atoms with Gasteiger partial charge in [0.2, 0.25) is 0 Å². The lowest BCUT2D eigenvalue weighted by atomic mass is 10.3. The minimum absolute atomic E-state index is 0.0965. The van der Waals surface area contributed by atoms with Crippen molar-refractivity contribution in [1.29, 1.82) is 0 Å². The summed E-state index contributed by atoms with van der Waals surface area (Å²) in [5, 5.41) is 11.6. The fourth-order valence-electron chi connectivity index (χ4n) is 1.24. The normalized spacial score (nSPS) is 10.5. The van der Waals surface area contributed by atoms with E-state index in [-0.39, 0.29) is 18.9 Å². The quantitative estimate of drug-likeness (QED) is 0.250. The lowest BCUT2D eigenvalue weighted by Gasteiger charge is -2.02. The van der Waals surface area contributed by atoms with Crippen molar-refractivity contribution in [2.75, 3.05) is 6.61 Å². The number of rotatable bonds is 7. The topological polar surface area (TPSA) is 107 Å². The molecule has 1 rings (SSSR count). The largest absolute Gasteiger partial charge is 0.314 e. The maximum absolute atomic E-state index is 11.7. The number of hydrogen-bond donors (Lipinski definition) is 2. The first-order valence-corrected chi connectivity index (χ1v) is 8.35. The van der Waals surface area contributed by atoms with E-state index in [0.29, 0.717) is 16.2 Å². The molecule has 0 fully saturated rings. The summed E-state index contributed by atoms with van der Waals surface area (Å²) in [4.78, 5) is 34.2. The molecular weight excluding hydrogens is 344 g/mol. The summed E-state index contributed by atoms with van der Waals surface area (Å²) in [7, 11) is 0. The second-order valence-corrected chi connectivity index (χ2v) is 4.35. The fraction of sp³-hybridized carbons (Fsp3) is 0.438. The van der Waals surface area contributed by atoms with Gasteiger partial charge in [-0.15, -0.1) is 22.7 Å². The second-order valence-electron chi connectivity index (χ2n) is 3.81. The third-order valence-corrected chi connectivity index (χ3v) is 2.88. The molecule has 9 heteroatoms. The Hall–Kier alpha value is -2.42. The van der Waals surface area contributed by atoms with Crippen LogP contribution in [0.25, 0.3) is 0 Å². The number of nitrogens with zero attached hydrogens (tertiary/aromatic N) is 3. The highest BCUT2D eigenvalue weighted by molar-refractivity contribution is 7.84. The molecule has 0 bridgehead atoms. The van der Waals surface area contributed by atoms with E-state index in [1.807, 2.05) is 27.7 Å². The number of carbonyl (C=O) groups excluding carboxylic acids is 1. The molecule has 0 saturated heterocycles. The van der Waals surface area contributed by atoms with Gasteiger partial charge < -0.3 is 10.2 Å². The van der Waals surface area contributed by atoms with Crippen molar-refractivity contribution in [3.8, 4) is 0 Å². The molecule has 0 atom stereocenters. The van der Waals surface area contributed by atoms with E-state index in [1.165, 1.54) is 12.5 Å². The Balaban J connectivity index is 0. The van der Waals surface area contributed by atoms with Gasteiger partial charge in [-0.1, -0.05) is 27.7 Å². The number of allylic oxidation sites excluding steroid dienone is 1. The Bertz CT molecular complexity index is 563. The van der Waals surface area contributed by atoms with Crippen molar-refractivity contribution in [2.24, 2.45) is 4.99 Å². The maximum atomic E-state index is 11.7. The minimum Gasteiger partial charge on any atom is -0.314 e. The van der Waals surface area contributed by atoms with Gasteiger partial charge in [0, 0.05) is 29.4 Å². The maximum Gasteiger partial charge on any atom is 0.294 e. The molecule has 0 spiro atoms. The molecule has 1 N–H and O–H groups in total. The zero-order chi connectivity index (χ0) is 19.7. The van der Waals surface area contributed by atoms with E-state index in [1.54, 1.807) is 25.3 Å². The van der Waals surface area contributed by atoms with Crippen LogP contribution in [-0.2, 0) is 4.84 Å². The van der Waals surface area contributed by atoms with Gasteiger partial charge >= 0.3 is 0 Å². The van der Waals surface area contributed by atoms with E-state index in [9.17, 15) is 14.9 Å². The van der Waals surface area contributed by atoms with Crippen LogP contribution < -0.4 is 5.32 Å². The number of hydrogen-bond acceptors (Lipinski definition) is 7. The van der Waals surface area contributed by atoms with Crippen molar-refractivity contribution in [2.45, 2.75) is 41.0 Å². The van der Waals surface area contributed by atoms with Crippen LogP contribution in [0, 0.1) is 10.1 Å². The van der Waals surface area contributed by atoms with Gasteiger partial charge in [-0.05, 0) is 19.1 Å². The molecule has 0 unspecified atom stereocenters. The third kappa shape index (κ3) is 12.6. The van der Waals surface area contributed by atoms with Crippen LogP contribution in [0.5, 0.6) is 0 Å². The predicted octanol–water partition coefficient (Wildman–Crippen LogP) is 3.65. The average molecular weight is 370 g/mol. The highest BCUT2D eigenvalue weighted by Gasteiger charge is 2.03. The van der Waals surface area contributed by atoms with Crippen LogP contribution in [0.15, 0.2) is 40.1 Å². The number of thiol groups is 1. The summed E-state index contributed by atoms with van der Waals surface area (Å²) < 4.78 is 0. The Kier molecular flexibility index (Phi) is 16.3.